The molecule has 0 saturated heterocycles. The van der Waals surface area contributed by atoms with Crippen molar-refractivity contribution in [3.8, 4) is 5.75 Å². The molecule has 9 heteroatoms. The van der Waals surface area contributed by atoms with Gasteiger partial charge >= 0.3 is 5.69 Å². The van der Waals surface area contributed by atoms with Crippen LogP contribution in [0.4, 0.5) is 15.8 Å². The molecule has 1 N–H and O–H groups in total. The average molecular weight is 359 g/mol. The van der Waals surface area contributed by atoms with Gasteiger partial charge in [0, 0.05) is 12.1 Å². The fraction of sp³-hybridized carbons (Fsp3) is 0.0714. The Morgan fingerprint density at radius 1 is 1.30 bits per heavy atom. The molecule has 0 bridgehead atoms. The molecule has 0 radical (unpaired) electrons. The number of amides is 1. The third kappa shape index (κ3) is 4.30. The van der Waals surface area contributed by atoms with Crippen molar-refractivity contribution in [2.75, 3.05) is 11.9 Å². The van der Waals surface area contributed by atoms with Crippen molar-refractivity contribution in [2.24, 2.45) is 0 Å². The van der Waals surface area contributed by atoms with Gasteiger partial charge in [0.25, 0.3) is 5.91 Å². The number of nitro benzene ring substituents is 1. The van der Waals surface area contributed by atoms with Crippen molar-refractivity contribution >= 4 is 40.5 Å². The Hall–Kier alpha value is -2.38. The van der Waals surface area contributed by atoms with Crippen molar-refractivity contribution in [3.63, 3.8) is 0 Å². The monoisotopic (exact) mass is 358 g/mol. The molecule has 0 unspecified atom stereocenters. The predicted octanol–water partition coefficient (Wildman–Crippen LogP) is 4.06. The van der Waals surface area contributed by atoms with E-state index in [-0.39, 0.29) is 21.5 Å². The highest BCUT2D eigenvalue weighted by Crippen LogP contribution is 2.30. The quantitative estimate of drug-likeness (QED) is 0.645. The fourth-order valence-corrected chi connectivity index (χ4v) is 2.03. The van der Waals surface area contributed by atoms with Crippen LogP contribution in [0.1, 0.15) is 0 Å². The summed E-state index contributed by atoms with van der Waals surface area (Å²) in [6.07, 6.45) is 0. The second-order valence-corrected chi connectivity index (χ2v) is 5.09. The summed E-state index contributed by atoms with van der Waals surface area (Å²) in [6, 6.07) is 7.37. The molecule has 0 heterocycles. The maximum Gasteiger partial charge on any atom is 0.311 e. The second kappa shape index (κ2) is 7.26. The Morgan fingerprint density at radius 3 is 2.74 bits per heavy atom. The topological polar surface area (TPSA) is 81.5 Å². The lowest BCUT2D eigenvalue weighted by atomic mass is 10.3. The third-order valence-electron chi connectivity index (χ3n) is 2.70. The second-order valence-electron chi connectivity index (χ2n) is 4.31. The Bertz CT molecular complexity index is 770. The molecule has 2 rings (SSSR count). The molecule has 0 aliphatic heterocycles. The Morgan fingerprint density at radius 2 is 2.04 bits per heavy atom. The molecule has 2 aromatic rings. The summed E-state index contributed by atoms with van der Waals surface area (Å²) in [4.78, 5) is 21.9. The van der Waals surface area contributed by atoms with Crippen LogP contribution >= 0.6 is 23.2 Å². The zero-order chi connectivity index (χ0) is 17.0. The number of carbonyl (C=O) groups excluding carboxylic acids is 1. The van der Waals surface area contributed by atoms with E-state index in [1.807, 2.05) is 0 Å². The molecule has 0 spiro atoms. The maximum atomic E-state index is 13.1. The minimum Gasteiger partial charge on any atom is -0.477 e. The number of hydrogen-bond donors (Lipinski definition) is 1. The van der Waals surface area contributed by atoms with E-state index < -0.39 is 28.9 Å². The lowest BCUT2D eigenvalue weighted by Crippen LogP contribution is -2.20. The molecule has 0 saturated carbocycles. The molecule has 0 aliphatic carbocycles. The number of benzene rings is 2. The first kappa shape index (κ1) is 17.0. The van der Waals surface area contributed by atoms with Gasteiger partial charge in [-0.1, -0.05) is 29.3 Å². The summed E-state index contributed by atoms with van der Waals surface area (Å²) in [5.74, 6) is -1.70. The van der Waals surface area contributed by atoms with Gasteiger partial charge in [-0.2, -0.15) is 0 Å². The molecule has 0 atom stereocenters. The summed E-state index contributed by atoms with van der Waals surface area (Å²) in [5, 5.41) is 13.7. The molecule has 0 fully saturated rings. The summed E-state index contributed by atoms with van der Waals surface area (Å²) < 4.78 is 18.2. The zero-order valence-corrected chi connectivity index (χ0v) is 12.9. The van der Waals surface area contributed by atoms with Gasteiger partial charge in [-0.3, -0.25) is 14.9 Å². The molecule has 0 aromatic heterocycles. The van der Waals surface area contributed by atoms with Gasteiger partial charge < -0.3 is 10.1 Å². The smallest absolute Gasteiger partial charge is 0.311 e. The summed E-state index contributed by atoms with van der Waals surface area (Å²) in [7, 11) is 0. The number of halogens is 3. The summed E-state index contributed by atoms with van der Waals surface area (Å²) in [5.41, 5.74) is -0.179. The van der Waals surface area contributed by atoms with Crippen molar-refractivity contribution in [1.82, 2.24) is 0 Å². The number of anilines is 1. The maximum absolute atomic E-state index is 13.1. The molecule has 2 aromatic carbocycles. The lowest BCUT2D eigenvalue weighted by molar-refractivity contribution is -0.385. The van der Waals surface area contributed by atoms with Gasteiger partial charge in [-0.05, 0) is 18.2 Å². The van der Waals surface area contributed by atoms with Gasteiger partial charge in [0.1, 0.15) is 5.82 Å². The van der Waals surface area contributed by atoms with Crippen molar-refractivity contribution in [1.29, 1.82) is 0 Å². The number of nitro groups is 1. The number of nitrogens with zero attached hydrogens (tertiary/aromatic N) is 1. The van der Waals surface area contributed by atoms with E-state index in [2.05, 4.69) is 5.32 Å². The highest BCUT2D eigenvalue weighted by molar-refractivity contribution is 6.43. The summed E-state index contributed by atoms with van der Waals surface area (Å²) >= 11 is 11.7. The first-order chi connectivity index (χ1) is 10.9. The molecule has 23 heavy (non-hydrogen) atoms. The van der Waals surface area contributed by atoms with Crippen molar-refractivity contribution < 1.29 is 18.8 Å². The Labute approximate surface area is 139 Å². The predicted molar refractivity (Wildman–Crippen MR) is 83.6 cm³/mol. The molecular weight excluding hydrogens is 350 g/mol. The van der Waals surface area contributed by atoms with Crippen molar-refractivity contribution in [2.45, 2.75) is 0 Å². The standard InChI is InChI=1S/C14H9Cl2FN2O4/c15-9-2-1-3-10(14(9)16)18-13(20)7-23-12-6-8(17)4-5-11(12)19(21)22/h1-6H,7H2,(H,18,20). The largest absolute Gasteiger partial charge is 0.477 e. The van der Waals surface area contributed by atoms with E-state index in [4.69, 9.17) is 27.9 Å². The van der Waals surface area contributed by atoms with Crippen LogP contribution in [-0.4, -0.2) is 17.4 Å². The van der Waals surface area contributed by atoms with Gasteiger partial charge in [0.15, 0.2) is 6.61 Å². The molecule has 1 amide bonds. The van der Waals surface area contributed by atoms with E-state index >= 15 is 0 Å². The van der Waals surface area contributed by atoms with E-state index in [1.54, 1.807) is 12.1 Å². The minimum atomic E-state index is -0.736. The van der Waals surface area contributed by atoms with E-state index in [0.29, 0.717) is 0 Å². The van der Waals surface area contributed by atoms with E-state index in [0.717, 1.165) is 18.2 Å². The van der Waals surface area contributed by atoms with Gasteiger partial charge in [0.05, 0.1) is 20.7 Å². The van der Waals surface area contributed by atoms with Crippen molar-refractivity contribution in [3.05, 3.63) is 62.4 Å². The normalized spacial score (nSPS) is 10.2. The van der Waals surface area contributed by atoms with Crippen LogP contribution in [0.2, 0.25) is 10.0 Å². The van der Waals surface area contributed by atoms with Crippen LogP contribution in [0.5, 0.6) is 5.75 Å². The number of hydrogen-bond acceptors (Lipinski definition) is 4. The molecule has 120 valence electrons. The summed E-state index contributed by atoms with van der Waals surface area (Å²) in [6.45, 7) is -0.562. The lowest BCUT2D eigenvalue weighted by Gasteiger charge is -2.09. The third-order valence-corrected chi connectivity index (χ3v) is 3.52. The first-order valence-electron chi connectivity index (χ1n) is 6.19. The number of ether oxygens (including phenoxy) is 1. The van der Waals surface area contributed by atoms with Crippen LogP contribution in [0, 0.1) is 15.9 Å². The minimum absolute atomic E-state index is 0.152. The average Bonchev–Trinajstić information content (AvgIpc) is 2.49. The fourth-order valence-electron chi connectivity index (χ4n) is 1.68. The van der Waals surface area contributed by atoms with Crippen LogP contribution in [0.25, 0.3) is 0 Å². The van der Waals surface area contributed by atoms with Crippen LogP contribution in [-0.2, 0) is 4.79 Å². The van der Waals surface area contributed by atoms with Gasteiger partial charge in [-0.25, -0.2) is 4.39 Å². The number of nitrogens with one attached hydrogen (secondary N) is 1. The van der Waals surface area contributed by atoms with Crippen LogP contribution < -0.4 is 10.1 Å². The number of carbonyl (C=O) groups is 1. The first-order valence-corrected chi connectivity index (χ1v) is 6.94. The van der Waals surface area contributed by atoms with Crippen LogP contribution in [0.15, 0.2) is 36.4 Å². The zero-order valence-electron chi connectivity index (χ0n) is 11.4. The Balaban J connectivity index is 2.06. The molecule has 6 nitrogen and oxygen atoms in total. The SMILES string of the molecule is O=C(COc1cc(F)ccc1[N+](=O)[O-])Nc1cccc(Cl)c1Cl. The highest BCUT2D eigenvalue weighted by Gasteiger charge is 2.17. The van der Waals surface area contributed by atoms with Gasteiger partial charge in [0.2, 0.25) is 5.75 Å². The van der Waals surface area contributed by atoms with E-state index in [9.17, 15) is 19.3 Å². The van der Waals surface area contributed by atoms with E-state index in [1.165, 1.54) is 6.07 Å². The van der Waals surface area contributed by atoms with Crippen LogP contribution in [0.3, 0.4) is 0 Å². The highest BCUT2D eigenvalue weighted by atomic mass is 35.5. The molecular formula is C14H9Cl2FN2O4. The van der Waals surface area contributed by atoms with Gasteiger partial charge in [-0.15, -0.1) is 0 Å². The Kier molecular flexibility index (Phi) is 5.36. The number of rotatable bonds is 5. The molecule has 0 aliphatic rings.